The molecule has 1 amide bonds. The highest BCUT2D eigenvalue weighted by Gasteiger charge is 2.36. The Bertz CT molecular complexity index is 473. The maximum Gasteiger partial charge on any atom is 0.410 e. The highest BCUT2D eigenvalue weighted by Crippen LogP contribution is 2.18. The first-order chi connectivity index (χ1) is 11.8. The number of piperazine rings is 1. The van der Waals surface area contributed by atoms with Crippen molar-refractivity contribution in [3.05, 3.63) is 0 Å². The van der Waals surface area contributed by atoms with Crippen LogP contribution in [0.25, 0.3) is 0 Å². The summed E-state index contributed by atoms with van der Waals surface area (Å²) < 4.78 is 11.1. The van der Waals surface area contributed by atoms with Gasteiger partial charge in [0.25, 0.3) is 0 Å². The maximum atomic E-state index is 12.2. The topological polar surface area (TPSA) is 66.4 Å². The lowest BCUT2D eigenvalue weighted by molar-refractivity contribution is 0.0137. The molecule has 1 fully saturated rings. The predicted octanol–water partition coefficient (Wildman–Crippen LogP) is 1.93. The quantitative estimate of drug-likeness (QED) is 0.738. The third-order valence-corrected chi connectivity index (χ3v) is 4.23. The number of guanidine groups is 1. The van der Waals surface area contributed by atoms with Gasteiger partial charge in [-0.15, -0.1) is 0 Å². The normalized spacial score (nSPS) is 20.6. The summed E-state index contributed by atoms with van der Waals surface area (Å²) in [6.45, 7) is 15.2. The third-order valence-electron chi connectivity index (χ3n) is 4.23. The Hall–Kier alpha value is -1.50. The zero-order valence-electron chi connectivity index (χ0n) is 16.4. The van der Waals surface area contributed by atoms with Crippen molar-refractivity contribution in [2.45, 2.75) is 52.7 Å². The fraction of sp³-hybridized carbons (Fsp3) is 0.889. The van der Waals surface area contributed by atoms with Crippen LogP contribution in [0.2, 0.25) is 0 Å². The minimum atomic E-state index is -0.456. The summed E-state index contributed by atoms with van der Waals surface area (Å²) in [5.74, 6) is 1.61. The number of nitrogens with one attached hydrogen (secondary N) is 1. The molecule has 1 N–H and O–H groups in total. The number of rotatable bonds is 6. The Morgan fingerprint density at radius 1 is 1.32 bits per heavy atom. The molecule has 2 rings (SSSR count). The molecule has 25 heavy (non-hydrogen) atoms. The lowest BCUT2D eigenvalue weighted by atomic mass is 10.1. The number of hydrogen-bond acceptors (Lipinski definition) is 6. The molecule has 0 radical (unpaired) electrons. The van der Waals surface area contributed by atoms with Crippen molar-refractivity contribution in [3.8, 4) is 0 Å². The van der Waals surface area contributed by atoms with E-state index < -0.39 is 5.60 Å². The highest BCUT2D eigenvalue weighted by molar-refractivity contribution is 5.82. The van der Waals surface area contributed by atoms with Crippen LogP contribution in [0, 0.1) is 5.92 Å². The average Bonchev–Trinajstić information content (AvgIpc) is 2.91. The lowest BCUT2D eigenvalue weighted by Gasteiger charge is -2.39. The monoisotopic (exact) mass is 354 g/mol. The summed E-state index contributed by atoms with van der Waals surface area (Å²) in [6, 6.07) is 0.241. The predicted molar refractivity (Wildman–Crippen MR) is 98.9 cm³/mol. The van der Waals surface area contributed by atoms with Gasteiger partial charge in [-0.25, -0.2) is 4.79 Å². The molecule has 144 valence electrons. The van der Waals surface area contributed by atoms with Crippen molar-refractivity contribution in [1.29, 1.82) is 0 Å². The number of carbonyl (C=O) groups excluding carboxylic acids is 1. The lowest BCUT2D eigenvalue weighted by Crippen LogP contribution is -2.57. The second-order valence-electron chi connectivity index (χ2n) is 8.16. The summed E-state index contributed by atoms with van der Waals surface area (Å²) in [6.07, 6.45) is 0.863. The SMILES string of the molecule is CC(C)CCOCCNC1=NCC2CN(C(=O)OC(C)(C)C)CCN12. The molecule has 1 saturated heterocycles. The molecule has 0 saturated carbocycles. The van der Waals surface area contributed by atoms with Gasteiger partial charge in [0.1, 0.15) is 5.60 Å². The van der Waals surface area contributed by atoms with Crippen LogP contribution in [0.15, 0.2) is 4.99 Å². The van der Waals surface area contributed by atoms with Gasteiger partial charge in [0.15, 0.2) is 5.96 Å². The molecule has 0 aromatic heterocycles. The Morgan fingerprint density at radius 2 is 2.08 bits per heavy atom. The van der Waals surface area contributed by atoms with Crippen LogP contribution in [0.5, 0.6) is 0 Å². The van der Waals surface area contributed by atoms with Gasteiger partial charge in [0, 0.05) is 32.8 Å². The number of fused-ring (bicyclic) bond motifs is 1. The van der Waals surface area contributed by atoms with E-state index in [1.165, 1.54) is 0 Å². The summed E-state index contributed by atoms with van der Waals surface area (Å²) >= 11 is 0. The number of amides is 1. The maximum absolute atomic E-state index is 12.2. The van der Waals surface area contributed by atoms with E-state index >= 15 is 0 Å². The molecule has 1 unspecified atom stereocenters. The van der Waals surface area contributed by atoms with Gasteiger partial charge in [0.05, 0.1) is 19.2 Å². The molecule has 1 atom stereocenters. The van der Waals surface area contributed by atoms with Crippen LogP contribution >= 0.6 is 0 Å². The molecule has 0 aromatic rings. The number of aliphatic imine (C=N–C) groups is 1. The Labute approximate surface area is 151 Å². The van der Waals surface area contributed by atoms with Crippen LogP contribution in [0.1, 0.15) is 41.0 Å². The molecule has 0 spiro atoms. The van der Waals surface area contributed by atoms with Crippen LogP contribution in [0.4, 0.5) is 4.79 Å². The fourth-order valence-electron chi connectivity index (χ4n) is 2.88. The number of nitrogens with zero attached hydrogens (tertiary/aromatic N) is 3. The van der Waals surface area contributed by atoms with Gasteiger partial charge in [0.2, 0.25) is 0 Å². The molecule has 2 aliphatic heterocycles. The molecule has 7 nitrogen and oxygen atoms in total. The summed E-state index contributed by atoms with van der Waals surface area (Å²) in [7, 11) is 0. The molecule has 0 aromatic carbocycles. The van der Waals surface area contributed by atoms with Crippen molar-refractivity contribution < 1.29 is 14.3 Å². The summed E-state index contributed by atoms with van der Waals surface area (Å²) in [4.78, 5) is 20.9. The van der Waals surface area contributed by atoms with E-state index in [1.54, 1.807) is 4.90 Å². The molecule has 2 aliphatic rings. The van der Waals surface area contributed by atoms with E-state index in [0.29, 0.717) is 25.6 Å². The largest absolute Gasteiger partial charge is 0.444 e. The molecule has 2 heterocycles. The number of hydrogen-bond donors (Lipinski definition) is 1. The molecule has 7 heteroatoms. The van der Waals surface area contributed by atoms with E-state index in [9.17, 15) is 4.79 Å². The van der Waals surface area contributed by atoms with E-state index in [1.807, 2.05) is 20.8 Å². The molecule has 0 aliphatic carbocycles. The van der Waals surface area contributed by atoms with Crippen molar-refractivity contribution in [2.24, 2.45) is 10.9 Å². The van der Waals surface area contributed by atoms with Crippen LogP contribution in [0.3, 0.4) is 0 Å². The van der Waals surface area contributed by atoms with E-state index in [-0.39, 0.29) is 12.1 Å². The van der Waals surface area contributed by atoms with Gasteiger partial charge in [-0.05, 0) is 33.1 Å². The van der Waals surface area contributed by atoms with Gasteiger partial charge >= 0.3 is 6.09 Å². The summed E-state index contributed by atoms with van der Waals surface area (Å²) in [5.41, 5.74) is -0.456. The van der Waals surface area contributed by atoms with Crippen molar-refractivity contribution in [1.82, 2.24) is 15.1 Å². The highest BCUT2D eigenvalue weighted by atomic mass is 16.6. The first-order valence-corrected chi connectivity index (χ1v) is 9.37. The van der Waals surface area contributed by atoms with Crippen molar-refractivity contribution in [2.75, 3.05) is 45.9 Å². The molecular formula is C18H34N4O3. The standard InChI is InChI=1S/C18H34N4O3/c1-14(2)6-10-24-11-7-19-16-20-12-15-13-21(8-9-22(15)16)17(23)25-18(3,4)5/h14-15H,6-13H2,1-5H3,(H,19,20). The third kappa shape index (κ3) is 6.38. The van der Waals surface area contributed by atoms with Gasteiger partial charge in [-0.1, -0.05) is 13.8 Å². The summed E-state index contributed by atoms with van der Waals surface area (Å²) in [5, 5.41) is 3.37. The van der Waals surface area contributed by atoms with Crippen LogP contribution in [-0.2, 0) is 9.47 Å². The minimum Gasteiger partial charge on any atom is -0.444 e. The van der Waals surface area contributed by atoms with Gasteiger partial charge < -0.3 is 24.6 Å². The van der Waals surface area contributed by atoms with Gasteiger partial charge in [-0.3, -0.25) is 4.99 Å². The zero-order chi connectivity index (χ0) is 18.4. The zero-order valence-corrected chi connectivity index (χ0v) is 16.4. The fourth-order valence-corrected chi connectivity index (χ4v) is 2.88. The smallest absolute Gasteiger partial charge is 0.410 e. The van der Waals surface area contributed by atoms with Crippen molar-refractivity contribution in [3.63, 3.8) is 0 Å². The Balaban J connectivity index is 1.68. The number of carbonyl (C=O) groups is 1. The van der Waals surface area contributed by atoms with Gasteiger partial charge in [-0.2, -0.15) is 0 Å². The minimum absolute atomic E-state index is 0.230. The van der Waals surface area contributed by atoms with Crippen LogP contribution in [-0.4, -0.2) is 79.4 Å². The van der Waals surface area contributed by atoms with E-state index in [0.717, 1.165) is 38.6 Å². The second kappa shape index (κ2) is 8.74. The van der Waals surface area contributed by atoms with Crippen LogP contribution < -0.4 is 5.32 Å². The Kier molecular flexibility index (Phi) is 6.93. The van der Waals surface area contributed by atoms with E-state index in [4.69, 9.17) is 9.47 Å². The Morgan fingerprint density at radius 3 is 2.76 bits per heavy atom. The van der Waals surface area contributed by atoms with E-state index in [2.05, 4.69) is 29.1 Å². The average molecular weight is 354 g/mol. The first kappa shape index (κ1) is 19.8. The second-order valence-corrected chi connectivity index (χ2v) is 8.16. The molecular weight excluding hydrogens is 320 g/mol. The molecule has 0 bridgehead atoms. The first-order valence-electron chi connectivity index (χ1n) is 9.37. The van der Waals surface area contributed by atoms with Crippen molar-refractivity contribution >= 4 is 12.1 Å². The number of ether oxygens (including phenoxy) is 2.